The van der Waals surface area contributed by atoms with E-state index in [4.69, 9.17) is 22.1 Å². The third-order valence-electron chi connectivity index (χ3n) is 6.27. The average Bonchev–Trinajstić information content (AvgIpc) is 3.64. The molecule has 1 aliphatic rings. The fourth-order valence-corrected chi connectivity index (χ4v) is 4.64. The van der Waals surface area contributed by atoms with E-state index in [-0.39, 0.29) is 5.82 Å². The first-order valence-corrected chi connectivity index (χ1v) is 12.6. The number of likely N-dealkylation sites (tertiary alicyclic amines) is 1. The minimum Gasteiger partial charge on any atom is -0.383 e. The summed E-state index contributed by atoms with van der Waals surface area (Å²) in [6.45, 7) is 3.96. The molecular formula is C27H31ClFN7O2. The largest absolute Gasteiger partial charge is 0.383 e. The SMILES string of the molecule is COCCN1CCC(c2ccc(F)cc2)C1.Cn1cc(-c2nn(-c3ccccc3)c(NC(N)=O)c2Cl)cn1. The summed E-state index contributed by atoms with van der Waals surface area (Å²) < 4.78 is 21.0. The van der Waals surface area contributed by atoms with Gasteiger partial charge in [-0.25, -0.2) is 13.9 Å². The minimum atomic E-state index is -0.711. The van der Waals surface area contributed by atoms with Crippen LogP contribution in [0.25, 0.3) is 16.9 Å². The number of para-hydroxylation sites is 1. The molecule has 0 bridgehead atoms. The molecule has 1 aliphatic heterocycles. The van der Waals surface area contributed by atoms with E-state index in [1.165, 1.54) is 10.2 Å². The molecule has 0 saturated carbocycles. The predicted molar refractivity (Wildman–Crippen MR) is 146 cm³/mol. The zero-order valence-electron chi connectivity index (χ0n) is 21.3. The number of hydrogen-bond acceptors (Lipinski definition) is 5. The van der Waals surface area contributed by atoms with E-state index >= 15 is 0 Å². The van der Waals surface area contributed by atoms with Gasteiger partial charge in [0.05, 0.1) is 18.5 Å². The number of benzene rings is 2. The number of rotatable bonds is 7. The Morgan fingerprint density at radius 1 is 1.21 bits per heavy atom. The third-order valence-corrected chi connectivity index (χ3v) is 6.63. The molecule has 0 aliphatic carbocycles. The highest BCUT2D eigenvalue weighted by Gasteiger charge is 2.23. The van der Waals surface area contributed by atoms with Gasteiger partial charge in [-0.05, 0) is 48.7 Å². The summed E-state index contributed by atoms with van der Waals surface area (Å²) >= 11 is 6.38. The molecule has 1 atom stereocenters. The van der Waals surface area contributed by atoms with Crippen molar-refractivity contribution in [1.29, 1.82) is 0 Å². The highest BCUT2D eigenvalue weighted by molar-refractivity contribution is 6.36. The van der Waals surface area contributed by atoms with Crippen LogP contribution in [0.5, 0.6) is 0 Å². The smallest absolute Gasteiger partial charge is 0.317 e. The van der Waals surface area contributed by atoms with Crippen molar-refractivity contribution in [2.24, 2.45) is 12.8 Å². The van der Waals surface area contributed by atoms with E-state index in [0.717, 1.165) is 43.9 Å². The van der Waals surface area contributed by atoms with E-state index in [2.05, 4.69) is 20.4 Å². The van der Waals surface area contributed by atoms with Crippen molar-refractivity contribution in [1.82, 2.24) is 24.5 Å². The molecule has 200 valence electrons. The number of nitrogens with two attached hydrogens (primary N) is 1. The Morgan fingerprint density at radius 2 is 1.95 bits per heavy atom. The second-order valence-electron chi connectivity index (χ2n) is 8.98. The van der Waals surface area contributed by atoms with E-state index in [0.29, 0.717) is 22.5 Å². The van der Waals surface area contributed by atoms with E-state index in [1.54, 1.807) is 43.4 Å². The lowest BCUT2D eigenvalue weighted by atomic mass is 9.99. The van der Waals surface area contributed by atoms with Crippen LogP contribution in [-0.2, 0) is 11.8 Å². The molecular weight excluding hydrogens is 509 g/mol. The number of halogens is 2. The van der Waals surface area contributed by atoms with E-state index in [9.17, 15) is 9.18 Å². The van der Waals surface area contributed by atoms with Crippen LogP contribution in [-0.4, -0.2) is 63.8 Å². The fraction of sp³-hybridized carbons (Fsp3) is 0.296. The maximum absolute atomic E-state index is 12.8. The summed E-state index contributed by atoms with van der Waals surface area (Å²) in [4.78, 5) is 13.6. The van der Waals surface area contributed by atoms with Gasteiger partial charge in [-0.15, -0.1) is 0 Å². The lowest BCUT2D eigenvalue weighted by molar-refractivity contribution is 0.160. The van der Waals surface area contributed by atoms with Gasteiger partial charge in [0.25, 0.3) is 0 Å². The molecule has 1 fully saturated rings. The number of nitrogens with zero attached hydrogens (tertiary/aromatic N) is 5. The summed E-state index contributed by atoms with van der Waals surface area (Å²) in [6, 6.07) is 15.5. The van der Waals surface area contributed by atoms with Crippen LogP contribution >= 0.6 is 11.6 Å². The van der Waals surface area contributed by atoms with Gasteiger partial charge in [-0.1, -0.05) is 41.9 Å². The number of methoxy groups -OCH3 is 1. The standard InChI is InChI=1S/C14H13ClN6O.C13H18FNO/c1-20-8-9(7-17-20)12-11(15)13(18-14(16)22)21(19-12)10-5-3-2-4-6-10;1-16-9-8-15-7-6-12(10-15)11-2-4-13(14)5-3-11/h2-8H,1H3,(H3,16,18,22);2-5,12H,6-10H2,1H3. The topological polar surface area (TPSA) is 103 Å². The Labute approximate surface area is 225 Å². The number of urea groups is 1. The molecule has 2 aromatic carbocycles. The predicted octanol–water partition coefficient (Wildman–Crippen LogP) is 4.68. The van der Waals surface area contributed by atoms with Crippen LogP contribution < -0.4 is 11.1 Å². The molecule has 2 amide bonds. The Kier molecular flexibility index (Phi) is 9.11. The summed E-state index contributed by atoms with van der Waals surface area (Å²) in [7, 11) is 3.53. The third kappa shape index (κ3) is 6.77. The summed E-state index contributed by atoms with van der Waals surface area (Å²) in [6.07, 6.45) is 4.60. The van der Waals surface area contributed by atoms with Gasteiger partial charge >= 0.3 is 6.03 Å². The lowest BCUT2D eigenvalue weighted by Crippen LogP contribution is -2.24. The van der Waals surface area contributed by atoms with Gasteiger partial charge in [0.2, 0.25) is 0 Å². The molecule has 9 nitrogen and oxygen atoms in total. The Bertz CT molecular complexity index is 1340. The molecule has 2 aromatic heterocycles. The van der Waals surface area contributed by atoms with Crippen LogP contribution in [0.3, 0.4) is 0 Å². The first-order valence-electron chi connectivity index (χ1n) is 12.2. The molecule has 3 N–H and O–H groups in total. The Hall–Kier alpha value is -3.73. The second-order valence-corrected chi connectivity index (χ2v) is 9.36. The first kappa shape index (κ1) is 27.3. The van der Waals surface area contributed by atoms with Crippen LogP contribution in [0.1, 0.15) is 17.9 Å². The normalized spacial score (nSPS) is 15.2. The Balaban J connectivity index is 0.000000186. The second kappa shape index (κ2) is 12.7. The van der Waals surface area contributed by atoms with Crippen molar-refractivity contribution in [3.63, 3.8) is 0 Å². The van der Waals surface area contributed by atoms with Crippen LogP contribution in [0, 0.1) is 5.82 Å². The van der Waals surface area contributed by atoms with Crippen LogP contribution in [0.2, 0.25) is 5.02 Å². The maximum atomic E-state index is 12.8. The van der Waals surface area contributed by atoms with Crippen molar-refractivity contribution in [2.45, 2.75) is 12.3 Å². The molecule has 1 unspecified atom stereocenters. The number of carbonyl (C=O) groups excluding carboxylic acids is 1. The minimum absolute atomic E-state index is 0.155. The number of carbonyl (C=O) groups is 1. The van der Waals surface area contributed by atoms with Crippen molar-refractivity contribution >= 4 is 23.4 Å². The van der Waals surface area contributed by atoms with Gasteiger partial charge in [0.1, 0.15) is 16.5 Å². The molecule has 4 aromatic rings. The average molecular weight is 540 g/mol. The molecule has 0 radical (unpaired) electrons. The monoisotopic (exact) mass is 539 g/mol. The number of primary amides is 1. The number of aryl methyl sites for hydroxylation is 1. The van der Waals surface area contributed by atoms with Crippen molar-refractivity contribution in [3.8, 4) is 16.9 Å². The van der Waals surface area contributed by atoms with E-state index in [1.807, 2.05) is 42.5 Å². The van der Waals surface area contributed by atoms with Gasteiger partial charge in [0, 0.05) is 39.0 Å². The molecule has 0 spiro atoms. The van der Waals surface area contributed by atoms with E-state index < -0.39 is 6.03 Å². The Morgan fingerprint density at radius 3 is 2.58 bits per heavy atom. The van der Waals surface area contributed by atoms with Crippen LogP contribution in [0.4, 0.5) is 15.0 Å². The van der Waals surface area contributed by atoms with Crippen molar-refractivity contribution in [2.75, 3.05) is 38.7 Å². The van der Waals surface area contributed by atoms with Crippen LogP contribution in [0.15, 0.2) is 67.0 Å². The molecule has 1 saturated heterocycles. The lowest BCUT2D eigenvalue weighted by Gasteiger charge is -2.15. The number of amides is 2. The van der Waals surface area contributed by atoms with Crippen molar-refractivity contribution < 1.29 is 13.9 Å². The van der Waals surface area contributed by atoms with Gasteiger partial charge in [0.15, 0.2) is 5.82 Å². The fourth-order valence-electron chi connectivity index (χ4n) is 4.37. The summed E-state index contributed by atoms with van der Waals surface area (Å²) in [5, 5.41) is 11.4. The highest BCUT2D eigenvalue weighted by atomic mass is 35.5. The van der Waals surface area contributed by atoms with Gasteiger partial charge in [-0.3, -0.25) is 10.00 Å². The number of hydrogen-bond donors (Lipinski definition) is 2. The molecule has 38 heavy (non-hydrogen) atoms. The summed E-state index contributed by atoms with van der Waals surface area (Å²) in [5.41, 5.74) is 8.49. The number of ether oxygens (including phenoxy) is 1. The summed E-state index contributed by atoms with van der Waals surface area (Å²) in [5.74, 6) is 0.717. The first-order chi connectivity index (χ1) is 18.4. The maximum Gasteiger partial charge on any atom is 0.317 e. The number of aromatic nitrogens is 4. The zero-order chi connectivity index (χ0) is 27.1. The quantitative estimate of drug-likeness (QED) is 0.355. The zero-order valence-corrected chi connectivity index (χ0v) is 22.1. The number of anilines is 1. The highest BCUT2D eigenvalue weighted by Crippen LogP contribution is 2.35. The van der Waals surface area contributed by atoms with Crippen molar-refractivity contribution in [3.05, 3.63) is 83.4 Å². The number of nitrogens with one attached hydrogen (secondary N) is 1. The molecule has 5 rings (SSSR count). The molecule has 3 heterocycles. The molecule has 11 heteroatoms. The van der Waals surface area contributed by atoms with Gasteiger partial charge in [-0.2, -0.15) is 10.2 Å². The van der Waals surface area contributed by atoms with Gasteiger partial charge < -0.3 is 15.4 Å².